The van der Waals surface area contributed by atoms with Crippen molar-refractivity contribution in [2.45, 2.75) is 66.5 Å². The summed E-state index contributed by atoms with van der Waals surface area (Å²) < 4.78 is 82.2. The zero-order valence-corrected chi connectivity index (χ0v) is 25.4. The van der Waals surface area contributed by atoms with Gasteiger partial charge in [0.2, 0.25) is 0 Å². The zero-order chi connectivity index (χ0) is 31.0. The van der Waals surface area contributed by atoms with Gasteiger partial charge in [0, 0.05) is 18.8 Å². The van der Waals surface area contributed by atoms with Gasteiger partial charge in [-0.1, -0.05) is 12.2 Å². The van der Waals surface area contributed by atoms with Crippen molar-refractivity contribution < 1.29 is 45.8 Å². The Kier molecular flexibility index (Phi) is 6.34. The predicted octanol–water partition coefficient (Wildman–Crippen LogP) is 0.321. The Morgan fingerprint density at radius 3 is 2.35 bits per heavy atom. The number of aromatic nitrogens is 4. The van der Waals surface area contributed by atoms with Crippen LogP contribution in [0.15, 0.2) is 34.1 Å². The third-order valence-electron chi connectivity index (χ3n) is 8.54. The van der Waals surface area contributed by atoms with Gasteiger partial charge >= 0.3 is 24.9 Å². The van der Waals surface area contributed by atoms with Gasteiger partial charge in [0.1, 0.15) is 47.7 Å². The molecular weight excluding hydrogens is 660 g/mol. The topological polar surface area (TPSA) is 214 Å². The number of nitrogen functional groups attached to an aromatic ring is 2. The lowest BCUT2D eigenvalue weighted by Crippen LogP contribution is -2.42. The molecule has 16 nitrogen and oxygen atoms in total. The quantitative estimate of drug-likeness (QED) is 0.248. The van der Waals surface area contributed by atoms with Crippen molar-refractivity contribution in [2.24, 2.45) is 0 Å². The van der Waals surface area contributed by atoms with Crippen LogP contribution in [0.2, 0.25) is 0 Å². The van der Waals surface area contributed by atoms with Crippen molar-refractivity contribution in [2.75, 3.05) is 24.7 Å². The van der Waals surface area contributed by atoms with Gasteiger partial charge in [0.05, 0.1) is 13.2 Å². The second-order valence-electron chi connectivity index (χ2n) is 11.0. The van der Waals surface area contributed by atoms with Gasteiger partial charge in [-0.3, -0.25) is 22.7 Å². The van der Waals surface area contributed by atoms with E-state index in [1.54, 1.807) is 0 Å². The number of rotatable bonds is 2. The molecule has 5 fully saturated rings. The first-order chi connectivity index (χ1) is 20.0. The van der Waals surface area contributed by atoms with Gasteiger partial charge in [-0.05, 0) is 30.9 Å². The first-order valence-corrected chi connectivity index (χ1v) is 18.0. The fourth-order valence-corrected chi connectivity index (χ4v) is 9.44. The third-order valence-corrected chi connectivity index (χ3v) is 11.7. The molecule has 8 unspecified atom stereocenters. The fraction of sp³-hybridized carbons (Fsp3) is 0.619. The minimum atomic E-state index is -4.49. The highest BCUT2D eigenvalue weighted by Gasteiger charge is 2.89. The molecule has 2 aromatic heterocycles. The number of halogens is 2. The van der Waals surface area contributed by atoms with Crippen LogP contribution in [0.5, 0.6) is 0 Å². The molecule has 3 aliphatic heterocycles. The monoisotopic (exact) mass is 684 g/mol. The molecule has 5 heterocycles. The number of anilines is 2. The Morgan fingerprint density at radius 1 is 1.05 bits per heavy atom. The summed E-state index contributed by atoms with van der Waals surface area (Å²) in [6, 6.07) is 1.26. The van der Waals surface area contributed by atoms with Gasteiger partial charge < -0.3 is 30.4 Å². The van der Waals surface area contributed by atoms with Crippen molar-refractivity contribution in [3.63, 3.8) is 0 Å². The molecule has 43 heavy (non-hydrogen) atoms. The van der Waals surface area contributed by atoms with Crippen molar-refractivity contribution >= 4 is 49.2 Å². The molecule has 0 amide bonds. The second-order valence-corrected chi connectivity index (χ2v) is 16.7. The molecule has 2 aliphatic carbocycles. The summed E-state index contributed by atoms with van der Waals surface area (Å²) in [6.07, 6.45) is -4.17. The summed E-state index contributed by atoms with van der Waals surface area (Å²) in [6.45, 7) is -8.81. The van der Waals surface area contributed by atoms with Gasteiger partial charge in [-0.25, -0.2) is 22.9 Å². The second kappa shape index (κ2) is 9.13. The van der Waals surface area contributed by atoms with Gasteiger partial charge in [-0.15, -0.1) is 0 Å². The molecule has 11 atom stereocenters. The molecule has 5 aliphatic rings. The van der Waals surface area contributed by atoms with E-state index in [1.165, 1.54) is 31.5 Å². The first kappa shape index (κ1) is 29.9. The number of ether oxygens (including phenoxy) is 2. The van der Waals surface area contributed by atoms with Crippen LogP contribution in [0, 0.1) is 0 Å². The highest BCUT2D eigenvalue weighted by atomic mass is 32.7. The number of thiol groups is 1. The van der Waals surface area contributed by atoms with E-state index in [-0.39, 0.29) is 11.6 Å². The smallest absolute Gasteiger partial charge is 0.383 e. The normalized spacial score (nSPS) is 48.6. The SMILES string of the molecule is CC12O[C@@H]3COP(O)(=S)OC4[C@@H](COP(=O)(S)OC3C1(F)[C@@H]2n1ccc(N)nc1=O)OC1(n2ccc(N)nc2=O)CC41F. The van der Waals surface area contributed by atoms with E-state index in [9.17, 15) is 19.0 Å². The average Bonchev–Trinajstić information content (AvgIpc) is 3.59. The molecule has 0 spiro atoms. The number of fused-ring (bicyclic) bond motifs is 6. The summed E-state index contributed by atoms with van der Waals surface area (Å²) in [7, 11) is 0. The van der Waals surface area contributed by atoms with Crippen molar-refractivity contribution in [1.82, 2.24) is 19.1 Å². The lowest BCUT2D eigenvalue weighted by molar-refractivity contribution is -0.0930. The number of hydrogen-bond donors (Lipinski definition) is 4. The fourth-order valence-electron chi connectivity index (χ4n) is 6.51. The molecule has 234 valence electrons. The molecule has 0 bridgehead atoms. The van der Waals surface area contributed by atoms with Gasteiger partial charge in [0.15, 0.2) is 17.1 Å². The van der Waals surface area contributed by atoms with Crippen LogP contribution in [0.25, 0.3) is 0 Å². The minimum Gasteiger partial charge on any atom is -0.383 e. The molecular formula is C21H24F2N6O10P2S2. The lowest BCUT2D eigenvalue weighted by atomic mass is 10.1. The number of nitrogens with two attached hydrogens (primary N) is 2. The summed E-state index contributed by atoms with van der Waals surface area (Å²) in [5.74, 6) is -0.190. The van der Waals surface area contributed by atoms with Crippen LogP contribution in [0.1, 0.15) is 19.4 Å². The zero-order valence-electron chi connectivity index (χ0n) is 21.9. The van der Waals surface area contributed by atoms with E-state index in [0.717, 1.165) is 9.13 Å². The lowest BCUT2D eigenvalue weighted by Gasteiger charge is -2.32. The van der Waals surface area contributed by atoms with Crippen LogP contribution in [-0.2, 0) is 49.7 Å². The minimum absolute atomic E-state index is 0.0824. The van der Waals surface area contributed by atoms with Gasteiger partial charge in [0.25, 0.3) is 0 Å². The van der Waals surface area contributed by atoms with Crippen LogP contribution >= 0.6 is 25.8 Å². The Labute approximate surface area is 250 Å². The number of nitrogens with zero attached hydrogens (tertiary/aromatic N) is 4. The maximum atomic E-state index is 16.8. The van der Waals surface area contributed by atoms with E-state index in [0.29, 0.717) is 0 Å². The highest BCUT2D eigenvalue weighted by molar-refractivity contribution is 8.44. The third kappa shape index (κ3) is 4.19. The van der Waals surface area contributed by atoms with E-state index in [2.05, 4.69) is 22.2 Å². The average molecular weight is 685 g/mol. The summed E-state index contributed by atoms with van der Waals surface area (Å²) >= 11 is 9.12. The molecule has 22 heteroatoms. The van der Waals surface area contributed by atoms with Crippen LogP contribution in [-0.4, -0.2) is 78.6 Å². The van der Waals surface area contributed by atoms with Crippen molar-refractivity contribution in [1.29, 1.82) is 0 Å². The van der Waals surface area contributed by atoms with Crippen LogP contribution < -0.4 is 22.8 Å². The first-order valence-electron chi connectivity index (χ1n) is 12.7. The highest BCUT2D eigenvalue weighted by Crippen LogP contribution is 2.74. The van der Waals surface area contributed by atoms with Crippen molar-refractivity contribution in [3.05, 3.63) is 45.5 Å². The van der Waals surface area contributed by atoms with Gasteiger partial charge in [-0.2, -0.15) is 9.97 Å². The number of alkyl halides is 2. The molecule has 0 radical (unpaired) electrons. The summed E-state index contributed by atoms with van der Waals surface area (Å²) in [4.78, 5) is 43.2. The van der Waals surface area contributed by atoms with Crippen molar-refractivity contribution in [3.8, 4) is 0 Å². The Morgan fingerprint density at radius 2 is 1.67 bits per heavy atom. The van der Waals surface area contributed by atoms with E-state index in [1.807, 2.05) is 0 Å². The maximum Gasteiger partial charge on any atom is 0.386 e. The standard InChI is InChI=1S/C21H24F2N6O10P2S2/c1-18-15(28-4-2-11(24)26-16(28)30)21(18,23)14-10(36-18)7-35-40(32,42)38-13-9(6-34-41(33,43)39-14)37-20(8-19(13,20)22)29-5-3-12(25)27-17(29)31/h2-5,9-10,13-15H,6-8H2,1H3,(H,32,42)(H,33,43)(H2,24,26,30)(H2,25,27,31)/t9-,10-,13?,14?,15-,18?,19?,20?,21?,40?,41?/m1/s1. The van der Waals surface area contributed by atoms with E-state index >= 15 is 8.78 Å². The molecule has 2 aromatic rings. The Bertz CT molecular complexity index is 1770. The van der Waals surface area contributed by atoms with Crippen LogP contribution in [0.4, 0.5) is 20.4 Å². The Balaban J connectivity index is 1.20. The van der Waals surface area contributed by atoms with E-state index < -0.39 is 97.7 Å². The molecule has 3 saturated heterocycles. The molecule has 0 aromatic carbocycles. The molecule has 2 saturated carbocycles. The largest absolute Gasteiger partial charge is 0.386 e. The predicted molar refractivity (Wildman–Crippen MR) is 148 cm³/mol. The molecule has 5 N–H and O–H groups in total. The maximum absolute atomic E-state index is 16.8. The Hall–Kier alpha value is -1.83. The number of hydrogen-bond acceptors (Lipinski definition) is 14. The molecule has 7 rings (SSSR count). The van der Waals surface area contributed by atoms with E-state index in [4.69, 9.17) is 50.8 Å². The summed E-state index contributed by atoms with van der Waals surface area (Å²) in [5.41, 5.74) is 0.752. The van der Waals surface area contributed by atoms with Crippen LogP contribution in [0.3, 0.4) is 0 Å². The summed E-state index contributed by atoms with van der Waals surface area (Å²) in [5, 5.41) is 0.